The second-order valence-corrected chi connectivity index (χ2v) is 5.09. The average molecular weight is 315 g/mol. The van der Waals surface area contributed by atoms with E-state index < -0.39 is 11.7 Å². The largest absolute Gasteiger partial charge is 0.416 e. The second-order valence-electron chi connectivity index (χ2n) is 4.70. The molecule has 0 aliphatic heterocycles. The van der Waals surface area contributed by atoms with Crippen LogP contribution in [0, 0.1) is 11.3 Å². The molecule has 0 aliphatic rings. The highest BCUT2D eigenvalue weighted by Crippen LogP contribution is 2.30. The summed E-state index contributed by atoms with van der Waals surface area (Å²) in [5, 5.41) is 11.7. The zero-order chi connectivity index (χ0) is 16.0. The Bertz CT molecular complexity index is 535. The predicted molar refractivity (Wildman–Crippen MR) is 79.7 cm³/mol. The topological polar surface area (TPSA) is 39.1 Å². The van der Waals surface area contributed by atoms with Gasteiger partial charge < -0.3 is 10.2 Å². The number of thiocarbonyl (C=S) groups is 1. The van der Waals surface area contributed by atoms with E-state index in [0.717, 1.165) is 12.1 Å². The van der Waals surface area contributed by atoms with Crippen molar-refractivity contribution in [1.29, 1.82) is 5.26 Å². The van der Waals surface area contributed by atoms with Gasteiger partial charge in [-0.1, -0.05) is 6.07 Å². The van der Waals surface area contributed by atoms with Crippen LogP contribution in [0.2, 0.25) is 0 Å². The van der Waals surface area contributed by atoms with Gasteiger partial charge in [-0.3, -0.25) is 0 Å². The van der Waals surface area contributed by atoms with Crippen LogP contribution in [0.4, 0.5) is 18.9 Å². The minimum Gasteiger partial charge on any atom is -0.346 e. The van der Waals surface area contributed by atoms with Gasteiger partial charge in [0.25, 0.3) is 0 Å². The number of nitrogens with one attached hydrogen (secondary N) is 1. The Morgan fingerprint density at radius 2 is 2.10 bits per heavy atom. The number of halogens is 3. The fourth-order valence-electron chi connectivity index (χ4n) is 1.73. The summed E-state index contributed by atoms with van der Waals surface area (Å²) in [6, 6.07) is 6.92. The molecule has 0 aromatic heterocycles. The Labute approximate surface area is 127 Å². The molecule has 1 aromatic rings. The van der Waals surface area contributed by atoms with Gasteiger partial charge in [0, 0.05) is 18.3 Å². The molecule has 3 nitrogen and oxygen atoms in total. The van der Waals surface area contributed by atoms with E-state index in [2.05, 4.69) is 5.32 Å². The van der Waals surface area contributed by atoms with E-state index in [-0.39, 0.29) is 11.7 Å². The molecule has 0 radical (unpaired) electrons. The summed E-state index contributed by atoms with van der Waals surface area (Å²) < 4.78 is 38.0. The van der Waals surface area contributed by atoms with Crippen LogP contribution >= 0.6 is 12.2 Å². The summed E-state index contributed by atoms with van der Waals surface area (Å²) in [7, 11) is 0. The monoisotopic (exact) mass is 315 g/mol. The van der Waals surface area contributed by atoms with Crippen molar-refractivity contribution in [2.75, 3.05) is 11.9 Å². The molecule has 0 unspecified atom stereocenters. The molecule has 0 heterocycles. The molecular weight excluding hydrogens is 299 g/mol. The molecule has 0 atom stereocenters. The van der Waals surface area contributed by atoms with Crippen LogP contribution in [0.25, 0.3) is 0 Å². The van der Waals surface area contributed by atoms with Crippen LogP contribution in [0.3, 0.4) is 0 Å². The summed E-state index contributed by atoms with van der Waals surface area (Å²) in [6.45, 7) is 4.23. The lowest BCUT2D eigenvalue weighted by molar-refractivity contribution is -0.137. The number of alkyl halides is 3. The maximum atomic E-state index is 12.7. The lowest BCUT2D eigenvalue weighted by Crippen LogP contribution is -2.40. The molecule has 0 fully saturated rings. The predicted octanol–water partition coefficient (Wildman–Crippen LogP) is 4.03. The van der Waals surface area contributed by atoms with Gasteiger partial charge in [-0.05, 0) is 44.3 Å². The van der Waals surface area contributed by atoms with Crippen molar-refractivity contribution < 1.29 is 13.2 Å². The van der Waals surface area contributed by atoms with Crippen molar-refractivity contribution >= 4 is 23.0 Å². The van der Waals surface area contributed by atoms with E-state index in [1.54, 1.807) is 4.90 Å². The fraction of sp³-hybridized carbons (Fsp3) is 0.429. The average Bonchev–Trinajstić information content (AvgIpc) is 2.38. The molecule has 7 heteroatoms. The maximum Gasteiger partial charge on any atom is 0.416 e. The Morgan fingerprint density at radius 1 is 1.43 bits per heavy atom. The van der Waals surface area contributed by atoms with E-state index in [1.165, 1.54) is 12.1 Å². The summed E-state index contributed by atoms with van der Waals surface area (Å²) >= 11 is 5.21. The first-order chi connectivity index (χ1) is 9.75. The molecule has 0 spiro atoms. The summed E-state index contributed by atoms with van der Waals surface area (Å²) in [5.41, 5.74) is -0.458. The first-order valence-electron chi connectivity index (χ1n) is 6.37. The summed E-state index contributed by atoms with van der Waals surface area (Å²) in [5.74, 6) is 0. The maximum absolute atomic E-state index is 12.7. The zero-order valence-electron chi connectivity index (χ0n) is 11.7. The molecule has 0 aliphatic carbocycles. The summed E-state index contributed by atoms with van der Waals surface area (Å²) in [4.78, 5) is 1.76. The van der Waals surface area contributed by atoms with Gasteiger partial charge in [0.15, 0.2) is 5.11 Å². The Hall–Kier alpha value is -1.81. The highest BCUT2D eigenvalue weighted by Gasteiger charge is 2.30. The van der Waals surface area contributed by atoms with Crippen LogP contribution < -0.4 is 5.32 Å². The van der Waals surface area contributed by atoms with E-state index >= 15 is 0 Å². The lowest BCUT2D eigenvalue weighted by Gasteiger charge is -2.29. The molecule has 0 saturated carbocycles. The van der Waals surface area contributed by atoms with Crippen molar-refractivity contribution in [3.05, 3.63) is 29.8 Å². The molecule has 21 heavy (non-hydrogen) atoms. The van der Waals surface area contributed by atoms with Crippen molar-refractivity contribution in [2.24, 2.45) is 0 Å². The van der Waals surface area contributed by atoms with Crippen LogP contribution in [0.5, 0.6) is 0 Å². The first kappa shape index (κ1) is 17.2. The molecule has 0 bridgehead atoms. The minimum absolute atomic E-state index is 0.0455. The normalized spacial score (nSPS) is 11.1. The van der Waals surface area contributed by atoms with Crippen LogP contribution in [-0.2, 0) is 6.18 Å². The van der Waals surface area contributed by atoms with Crippen molar-refractivity contribution in [1.82, 2.24) is 4.90 Å². The van der Waals surface area contributed by atoms with E-state index in [0.29, 0.717) is 18.1 Å². The highest BCUT2D eigenvalue weighted by atomic mass is 32.1. The van der Waals surface area contributed by atoms with E-state index in [4.69, 9.17) is 17.5 Å². The number of nitriles is 1. The smallest absolute Gasteiger partial charge is 0.346 e. The molecular formula is C14H16F3N3S. The summed E-state index contributed by atoms with van der Waals surface area (Å²) in [6.07, 6.45) is -4.10. The Balaban J connectivity index is 2.84. The highest BCUT2D eigenvalue weighted by molar-refractivity contribution is 7.80. The molecule has 0 amide bonds. The van der Waals surface area contributed by atoms with Gasteiger partial charge in [0.05, 0.1) is 18.1 Å². The standard InChI is InChI=1S/C14H16F3N3S/c1-10(2)20(8-4-7-18)13(21)19-12-6-3-5-11(9-12)14(15,16)17/h3,5-6,9-10H,4,8H2,1-2H3,(H,19,21). The van der Waals surface area contributed by atoms with Gasteiger partial charge in [-0.2, -0.15) is 18.4 Å². The first-order valence-corrected chi connectivity index (χ1v) is 6.78. The minimum atomic E-state index is -4.39. The third kappa shape index (κ3) is 5.23. The number of benzene rings is 1. The Kier molecular flexibility index (Phi) is 5.97. The number of hydrogen-bond acceptors (Lipinski definition) is 2. The SMILES string of the molecule is CC(C)N(CCC#N)C(=S)Nc1cccc(C(F)(F)F)c1. The van der Waals surface area contributed by atoms with Gasteiger partial charge in [0.1, 0.15) is 0 Å². The quantitative estimate of drug-likeness (QED) is 0.852. The van der Waals surface area contributed by atoms with Gasteiger partial charge in [0.2, 0.25) is 0 Å². The van der Waals surface area contributed by atoms with Crippen molar-refractivity contribution in [2.45, 2.75) is 32.5 Å². The molecule has 0 saturated heterocycles. The van der Waals surface area contributed by atoms with Gasteiger partial charge in [-0.25, -0.2) is 0 Å². The number of rotatable bonds is 4. The third-order valence-electron chi connectivity index (χ3n) is 2.79. The van der Waals surface area contributed by atoms with Gasteiger partial charge in [-0.15, -0.1) is 0 Å². The van der Waals surface area contributed by atoms with Crippen molar-refractivity contribution in [3.63, 3.8) is 0 Å². The number of hydrogen-bond donors (Lipinski definition) is 1. The zero-order valence-corrected chi connectivity index (χ0v) is 12.6. The second kappa shape index (κ2) is 7.27. The van der Waals surface area contributed by atoms with Gasteiger partial charge >= 0.3 is 6.18 Å². The third-order valence-corrected chi connectivity index (χ3v) is 3.13. The number of nitrogens with zero attached hydrogens (tertiary/aromatic N) is 2. The van der Waals surface area contributed by atoms with E-state index in [1.807, 2.05) is 19.9 Å². The molecule has 1 aromatic carbocycles. The number of anilines is 1. The fourth-order valence-corrected chi connectivity index (χ4v) is 2.15. The van der Waals surface area contributed by atoms with Crippen molar-refractivity contribution in [3.8, 4) is 6.07 Å². The molecule has 1 rings (SSSR count). The molecule has 1 N–H and O–H groups in total. The lowest BCUT2D eigenvalue weighted by atomic mass is 10.2. The van der Waals surface area contributed by atoms with Crippen LogP contribution in [-0.4, -0.2) is 22.6 Å². The molecule has 114 valence electrons. The van der Waals surface area contributed by atoms with Crippen LogP contribution in [0.1, 0.15) is 25.8 Å². The Morgan fingerprint density at radius 3 is 2.62 bits per heavy atom. The van der Waals surface area contributed by atoms with E-state index in [9.17, 15) is 13.2 Å². The van der Waals surface area contributed by atoms with Crippen LogP contribution in [0.15, 0.2) is 24.3 Å².